The van der Waals surface area contributed by atoms with Crippen molar-refractivity contribution in [3.63, 3.8) is 0 Å². The van der Waals surface area contributed by atoms with Crippen LogP contribution in [0.5, 0.6) is 0 Å². The van der Waals surface area contributed by atoms with Gasteiger partial charge in [0.2, 0.25) is 5.89 Å². The summed E-state index contributed by atoms with van der Waals surface area (Å²) in [6, 6.07) is 26.3. The molecule has 0 saturated carbocycles. The van der Waals surface area contributed by atoms with Crippen LogP contribution in [0.4, 0.5) is 0 Å². The lowest BCUT2D eigenvalue weighted by molar-refractivity contribution is 0.0599. The number of benzene rings is 3. The van der Waals surface area contributed by atoms with E-state index in [0.717, 1.165) is 58.5 Å². The lowest BCUT2D eigenvalue weighted by Crippen LogP contribution is -2.17. The first-order valence-electron chi connectivity index (χ1n) is 12.6. The van der Waals surface area contributed by atoms with Crippen LogP contribution in [0, 0.1) is 12.8 Å². The summed E-state index contributed by atoms with van der Waals surface area (Å²) in [6.07, 6.45) is 5.45. The highest BCUT2D eigenvalue weighted by molar-refractivity contribution is 5.91. The molecular formula is C32H31NO3. The Balaban J connectivity index is 1.57. The van der Waals surface area contributed by atoms with Gasteiger partial charge < -0.3 is 9.15 Å². The quantitative estimate of drug-likeness (QED) is 0.263. The van der Waals surface area contributed by atoms with Crippen LogP contribution in [0.15, 0.2) is 89.4 Å². The summed E-state index contributed by atoms with van der Waals surface area (Å²) in [5, 5.41) is 0. The minimum Gasteiger partial charge on any atom is -0.465 e. The maximum absolute atomic E-state index is 12.3. The minimum absolute atomic E-state index is 0.188. The van der Waals surface area contributed by atoms with E-state index >= 15 is 0 Å². The van der Waals surface area contributed by atoms with E-state index in [4.69, 9.17) is 14.1 Å². The highest BCUT2D eigenvalue weighted by Crippen LogP contribution is 2.44. The Morgan fingerprint density at radius 1 is 0.972 bits per heavy atom. The van der Waals surface area contributed by atoms with Gasteiger partial charge in [-0.1, -0.05) is 85.8 Å². The molecule has 0 radical (unpaired) electrons. The zero-order valence-electron chi connectivity index (χ0n) is 21.0. The van der Waals surface area contributed by atoms with Gasteiger partial charge in [0, 0.05) is 16.7 Å². The molecule has 182 valence electrons. The van der Waals surface area contributed by atoms with E-state index in [1.54, 1.807) is 0 Å². The summed E-state index contributed by atoms with van der Waals surface area (Å²) in [6.45, 7) is 4.25. The van der Waals surface area contributed by atoms with E-state index in [9.17, 15) is 4.79 Å². The number of esters is 1. The van der Waals surface area contributed by atoms with E-state index in [1.807, 2.05) is 55.5 Å². The van der Waals surface area contributed by atoms with Crippen LogP contribution < -0.4 is 0 Å². The highest BCUT2D eigenvalue weighted by Gasteiger charge is 2.31. The number of nitrogens with zero attached hydrogens (tertiary/aromatic N) is 1. The van der Waals surface area contributed by atoms with Crippen molar-refractivity contribution in [1.82, 2.24) is 4.98 Å². The number of methoxy groups -OCH3 is 1. The Hall–Kier alpha value is -3.92. The second-order valence-electron chi connectivity index (χ2n) is 9.43. The van der Waals surface area contributed by atoms with Gasteiger partial charge in [-0.15, -0.1) is 0 Å². The number of oxazole rings is 1. The molecule has 1 aromatic heterocycles. The molecule has 4 nitrogen and oxygen atoms in total. The lowest BCUT2D eigenvalue weighted by atomic mass is 9.75. The average Bonchev–Trinajstić information content (AvgIpc) is 3.39. The van der Waals surface area contributed by atoms with Gasteiger partial charge in [-0.3, -0.25) is 0 Å². The summed E-state index contributed by atoms with van der Waals surface area (Å²) in [4.78, 5) is 17.4. The van der Waals surface area contributed by atoms with Gasteiger partial charge in [-0.25, -0.2) is 9.78 Å². The van der Waals surface area contributed by atoms with Crippen LogP contribution in [0.1, 0.15) is 59.5 Å². The maximum Gasteiger partial charge on any atom is 0.338 e. The third kappa shape index (κ3) is 4.51. The van der Waals surface area contributed by atoms with Crippen LogP contribution in [-0.2, 0) is 4.74 Å². The monoisotopic (exact) mass is 477 g/mol. The van der Waals surface area contributed by atoms with Crippen LogP contribution in [0.2, 0.25) is 0 Å². The fourth-order valence-electron chi connectivity index (χ4n) is 5.38. The van der Waals surface area contributed by atoms with Gasteiger partial charge in [0.1, 0.15) is 5.69 Å². The number of carbonyl (C=O) groups excluding carboxylic acids is 1. The third-order valence-electron chi connectivity index (χ3n) is 7.32. The Labute approximate surface area is 212 Å². The van der Waals surface area contributed by atoms with Gasteiger partial charge >= 0.3 is 5.97 Å². The molecule has 5 rings (SSSR count). The summed E-state index contributed by atoms with van der Waals surface area (Å²) in [5.74, 6) is 1.60. The van der Waals surface area contributed by atoms with Gasteiger partial charge in [0.25, 0.3) is 0 Å². The summed E-state index contributed by atoms with van der Waals surface area (Å²) in [5.41, 5.74) is 6.82. The van der Waals surface area contributed by atoms with Crippen molar-refractivity contribution < 1.29 is 13.9 Å². The molecular weight excluding hydrogens is 446 g/mol. The standard InChI is InChI=1S/C32H31NO3/c1-21(25-19-12-20-27(22(25)2)32(34)35-3)26-17-10-11-18-28(26)31-33-29(23-13-6-4-7-14-23)30(36-31)24-15-8-5-9-16-24/h4-9,12-16,18-21,26H,10-11,17H2,1-3H3. The summed E-state index contributed by atoms with van der Waals surface area (Å²) >= 11 is 0. The molecule has 2 atom stereocenters. The van der Waals surface area contributed by atoms with Crippen LogP contribution in [-0.4, -0.2) is 18.1 Å². The second-order valence-corrected chi connectivity index (χ2v) is 9.43. The first-order chi connectivity index (χ1) is 17.6. The fourth-order valence-corrected chi connectivity index (χ4v) is 5.38. The zero-order valence-corrected chi connectivity index (χ0v) is 21.0. The van der Waals surface area contributed by atoms with Crippen molar-refractivity contribution in [3.8, 4) is 22.6 Å². The summed E-state index contributed by atoms with van der Waals surface area (Å²) in [7, 11) is 1.43. The van der Waals surface area contributed by atoms with Crippen LogP contribution in [0.3, 0.4) is 0 Å². The number of allylic oxidation sites excluding steroid dienone is 2. The molecule has 0 N–H and O–H groups in total. The predicted octanol–water partition coefficient (Wildman–Crippen LogP) is 8.09. The fraction of sp³-hybridized carbons (Fsp3) is 0.250. The molecule has 0 fully saturated rings. The van der Waals surface area contributed by atoms with Crippen molar-refractivity contribution in [3.05, 3.63) is 108 Å². The number of aromatic nitrogens is 1. The molecule has 0 bridgehead atoms. The molecule has 36 heavy (non-hydrogen) atoms. The zero-order chi connectivity index (χ0) is 25.1. The highest BCUT2D eigenvalue weighted by atomic mass is 16.5. The maximum atomic E-state index is 12.3. The van der Waals surface area contributed by atoms with E-state index in [0.29, 0.717) is 11.5 Å². The number of hydrogen-bond acceptors (Lipinski definition) is 4. The van der Waals surface area contributed by atoms with Crippen LogP contribution in [0.25, 0.3) is 28.2 Å². The van der Waals surface area contributed by atoms with Crippen LogP contribution >= 0.6 is 0 Å². The lowest BCUT2D eigenvalue weighted by Gasteiger charge is -2.30. The summed E-state index contributed by atoms with van der Waals surface area (Å²) < 4.78 is 11.6. The van der Waals surface area contributed by atoms with Gasteiger partial charge in [-0.05, 0) is 55.2 Å². The smallest absolute Gasteiger partial charge is 0.338 e. The molecule has 1 heterocycles. The van der Waals surface area contributed by atoms with Gasteiger partial charge in [0.15, 0.2) is 5.76 Å². The number of hydrogen-bond donors (Lipinski definition) is 0. The Kier molecular flexibility index (Phi) is 6.86. The first-order valence-corrected chi connectivity index (χ1v) is 12.6. The van der Waals surface area contributed by atoms with Crippen molar-refractivity contribution in [2.24, 2.45) is 5.92 Å². The Morgan fingerprint density at radius 2 is 1.67 bits per heavy atom. The molecule has 4 aromatic rings. The normalized spacial score (nSPS) is 16.3. The van der Waals surface area contributed by atoms with Crippen molar-refractivity contribution >= 4 is 11.5 Å². The first kappa shape index (κ1) is 23.8. The number of rotatable bonds is 6. The topological polar surface area (TPSA) is 52.3 Å². The molecule has 4 heteroatoms. The Morgan fingerprint density at radius 3 is 2.36 bits per heavy atom. The van der Waals surface area contributed by atoms with E-state index < -0.39 is 0 Å². The molecule has 2 unspecified atom stereocenters. The third-order valence-corrected chi connectivity index (χ3v) is 7.32. The second kappa shape index (κ2) is 10.4. The molecule has 3 aromatic carbocycles. The van der Waals surface area contributed by atoms with E-state index in [2.05, 4.69) is 43.3 Å². The predicted molar refractivity (Wildman–Crippen MR) is 144 cm³/mol. The minimum atomic E-state index is -0.298. The van der Waals surface area contributed by atoms with Gasteiger partial charge in [-0.2, -0.15) is 0 Å². The molecule has 0 amide bonds. The molecule has 0 aliphatic heterocycles. The molecule has 1 aliphatic rings. The van der Waals surface area contributed by atoms with Crippen molar-refractivity contribution in [2.45, 2.75) is 39.0 Å². The van der Waals surface area contributed by atoms with Crippen molar-refractivity contribution in [2.75, 3.05) is 7.11 Å². The average molecular weight is 478 g/mol. The Bertz CT molecular complexity index is 1330. The van der Waals surface area contributed by atoms with Crippen molar-refractivity contribution in [1.29, 1.82) is 0 Å². The van der Waals surface area contributed by atoms with E-state index in [1.165, 1.54) is 7.11 Å². The number of ether oxygens (including phenoxy) is 1. The van der Waals surface area contributed by atoms with Gasteiger partial charge in [0.05, 0.1) is 12.7 Å². The number of carbonyl (C=O) groups is 1. The molecule has 0 spiro atoms. The SMILES string of the molecule is COC(=O)c1cccc(C(C)C2CCCC=C2c2nc(-c3ccccc3)c(-c3ccccc3)o2)c1C. The molecule has 1 aliphatic carbocycles. The van der Waals surface area contributed by atoms with E-state index in [-0.39, 0.29) is 17.8 Å². The largest absolute Gasteiger partial charge is 0.465 e. The molecule has 0 saturated heterocycles.